The molecule has 3 aromatic heterocycles. The number of aromatic amines is 1. The molecule has 0 aromatic carbocycles. The van der Waals surface area contributed by atoms with Gasteiger partial charge in [0.1, 0.15) is 0 Å². The molecule has 9 nitrogen and oxygen atoms in total. The van der Waals surface area contributed by atoms with Gasteiger partial charge in [0, 0.05) is 70.4 Å². The molecule has 2 fully saturated rings. The lowest BCUT2D eigenvalue weighted by Gasteiger charge is -2.42. The van der Waals surface area contributed by atoms with Gasteiger partial charge in [-0.15, -0.1) is 0 Å². The van der Waals surface area contributed by atoms with Crippen LogP contribution in [0, 0.1) is 5.92 Å². The van der Waals surface area contributed by atoms with Gasteiger partial charge in [0.05, 0.1) is 17.4 Å². The van der Waals surface area contributed by atoms with Crippen LogP contribution in [0.2, 0.25) is 0 Å². The first-order chi connectivity index (χ1) is 15.6. The third kappa shape index (κ3) is 4.41. The van der Waals surface area contributed by atoms with E-state index in [4.69, 9.17) is 4.74 Å². The smallest absolute Gasteiger partial charge is 0.333 e. The number of nitrogens with zero attached hydrogens (tertiary/aromatic N) is 5. The number of rotatable bonds is 5. The van der Waals surface area contributed by atoms with Crippen LogP contribution in [0.25, 0.3) is 11.2 Å². The van der Waals surface area contributed by atoms with Crippen molar-refractivity contribution in [3.05, 3.63) is 63.2 Å². The molecule has 0 radical (unpaired) electrons. The van der Waals surface area contributed by atoms with Gasteiger partial charge in [-0.25, -0.2) is 9.31 Å². The van der Waals surface area contributed by atoms with E-state index in [2.05, 4.69) is 38.9 Å². The fourth-order valence-electron chi connectivity index (χ4n) is 4.91. The largest absolute Gasteiger partial charge is 0.381 e. The van der Waals surface area contributed by atoms with Crippen LogP contribution in [-0.4, -0.2) is 74.4 Å². The van der Waals surface area contributed by atoms with E-state index in [9.17, 15) is 9.59 Å². The van der Waals surface area contributed by atoms with Crippen LogP contribution in [0.5, 0.6) is 0 Å². The molecule has 0 aliphatic carbocycles. The Balaban J connectivity index is 1.28. The molecule has 2 saturated heterocycles. The molecule has 3 aromatic rings. The number of fused-ring (bicyclic) bond motifs is 1. The van der Waals surface area contributed by atoms with Crippen molar-refractivity contribution in [2.75, 3.05) is 39.4 Å². The fourth-order valence-corrected chi connectivity index (χ4v) is 4.91. The third-order valence-corrected chi connectivity index (χ3v) is 6.74. The zero-order valence-electron chi connectivity index (χ0n) is 18.4. The van der Waals surface area contributed by atoms with Gasteiger partial charge >= 0.3 is 5.69 Å². The molecular weight excluding hydrogens is 408 g/mol. The second kappa shape index (κ2) is 9.01. The number of hydrogen-bond donors (Lipinski definition) is 1. The van der Waals surface area contributed by atoms with E-state index < -0.39 is 11.2 Å². The Morgan fingerprint density at radius 1 is 1.16 bits per heavy atom. The first-order valence-corrected chi connectivity index (χ1v) is 11.4. The number of hydrogen-bond acceptors (Lipinski definition) is 6. The molecule has 0 amide bonds. The second-order valence-electron chi connectivity index (χ2n) is 9.01. The van der Waals surface area contributed by atoms with Crippen molar-refractivity contribution in [2.24, 2.45) is 5.92 Å². The Morgan fingerprint density at radius 3 is 2.78 bits per heavy atom. The summed E-state index contributed by atoms with van der Waals surface area (Å²) in [5.74, 6) is 0.761. The van der Waals surface area contributed by atoms with Crippen LogP contribution < -0.4 is 11.2 Å². The maximum absolute atomic E-state index is 12.2. The fraction of sp³-hybridized carbons (Fsp3) is 0.522. The van der Waals surface area contributed by atoms with Gasteiger partial charge in [-0.05, 0) is 43.4 Å². The molecule has 1 N–H and O–H groups in total. The monoisotopic (exact) mass is 438 g/mol. The minimum absolute atomic E-state index is 0.409. The number of aromatic nitrogens is 4. The average molecular weight is 439 g/mol. The first-order valence-electron chi connectivity index (χ1n) is 11.4. The van der Waals surface area contributed by atoms with E-state index >= 15 is 0 Å². The van der Waals surface area contributed by atoms with Crippen molar-refractivity contribution in [3.63, 3.8) is 0 Å². The predicted octanol–water partition coefficient (Wildman–Crippen LogP) is 1.11. The van der Waals surface area contributed by atoms with E-state index in [1.54, 1.807) is 10.7 Å². The van der Waals surface area contributed by atoms with Gasteiger partial charge in [0.2, 0.25) is 0 Å². The summed E-state index contributed by atoms with van der Waals surface area (Å²) in [6, 6.07) is 6.04. The predicted molar refractivity (Wildman–Crippen MR) is 121 cm³/mol. The normalized spacial score (nSPS) is 21.3. The highest BCUT2D eigenvalue weighted by molar-refractivity contribution is 5.64. The number of piperazine rings is 1. The van der Waals surface area contributed by atoms with Crippen LogP contribution >= 0.6 is 0 Å². The molecule has 2 aliphatic heterocycles. The minimum atomic E-state index is -0.465. The van der Waals surface area contributed by atoms with Crippen molar-refractivity contribution in [1.82, 2.24) is 29.0 Å². The molecule has 0 bridgehead atoms. The lowest BCUT2D eigenvalue weighted by molar-refractivity contribution is 0.0246. The molecule has 9 heteroatoms. The van der Waals surface area contributed by atoms with Crippen LogP contribution in [0.15, 0.2) is 46.4 Å². The molecular formula is C23H30N6O3. The maximum Gasteiger partial charge on any atom is 0.333 e. The molecule has 32 heavy (non-hydrogen) atoms. The SMILES string of the molecule is C[C@H]1CN(Cc2ccn3ncc(-n4ccc(=O)[nH]c4=O)c3c2)CCN1CC1CCOCC1. The summed E-state index contributed by atoms with van der Waals surface area (Å²) < 4.78 is 8.68. The summed E-state index contributed by atoms with van der Waals surface area (Å²) in [5, 5.41) is 4.36. The van der Waals surface area contributed by atoms with Crippen molar-refractivity contribution in [2.45, 2.75) is 32.4 Å². The Hall–Kier alpha value is -2.75. The van der Waals surface area contributed by atoms with E-state index in [1.165, 1.54) is 41.8 Å². The Morgan fingerprint density at radius 2 is 2.00 bits per heavy atom. The zero-order valence-corrected chi connectivity index (χ0v) is 18.4. The number of pyridine rings is 1. The highest BCUT2D eigenvalue weighted by Crippen LogP contribution is 2.21. The Bertz CT molecular complexity index is 1190. The van der Waals surface area contributed by atoms with Gasteiger partial charge < -0.3 is 4.74 Å². The number of nitrogens with one attached hydrogen (secondary N) is 1. The van der Waals surface area contributed by atoms with Crippen LogP contribution in [0.1, 0.15) is 25.3 Å². The molecule has 5 heterocycles. The highest BCUT2D eigenvalue weighted by Gasteiger charge is 2.26. The molecule has 1 atom stereocenters. The summed E-state index contributed by atoms with van der Waals surface area (Å²) in [5.41, 5.74) is 1.80. The Kier molecular flexibility index (Phi) is 5.95. The number of ether oxygens (including phenoxy) is 1. The van der Waals surface area contributed by atoms with Gasteiger partial charge in [-0.2, -0.15) is 5.10 Å². The average Bonchev–Trinajstić information content (AvgIpc) is 3.19. The molecule has 2 aliphatic rings. The summed E-state index contributed by atoms with van der Waals surface area (Å²) >= 11 is 0. The topological polar surface area (TPSA) is 87.9 Å². The third-order valence-electron chi connectivity index (χ3n) is 6.74. The van der Waals surface area contributed by atoms with Crippen molar-refractivity contribution in [3.8, 4) is 5.69 Å². The molecule has 170 valence electrons. The molecule has 5 rings (SSSR count). The lowest BCUT2D eigenvalue weighted by atomic mass is 9.98. The maximum atomic E-state index is 12.2. The molecule has 0 saturated carbocycles. The summed E-state index contributed by atoms with van der Waals surface area (Å²) in [7, 11) is 0. The van der Waals surface area contributed by atoms with Gasteiger partial charge in [0.25, 0.3) is 5.56 Å². The van der Waals surface area contributed by atoms with Gasteiger partial charge in [-0.3, -0.25) is 24.1 Å². The quantitative estimate of drug-likeness (QED) is 0.642. The Labute approximate surface area is 186 Å². The standard InChI is InChI=1S/C23H30N6O3/c1-17-14-26(8-9-27(17)16-18-4-10-32-11-5-18)15-19-2-7-29-20(12-19)21(13-24-29)28-6-3-22(30)25-23(28)31/h2-3,6-7,12-13,17-18H,4-5,8-11,14-16H2,1H3,(H,25,30,31)/t17-/m0/s1. The van der Waals surface area contributed by atoms with Gasteiger partial charge in [0.15, 0.2) is 0 Å². The summed E-state index contributed by atoms with van der Waals surface area (Å²) in [6.45, 7) is 9.35. The summed E-state index contributed by atoms with van der Waals surface area (Å²) in [6.07, 6.45) is 7.42. The second-order valence-corrected chi connectivity index (χ2v) is 9.01. The van der Waals surface area contributed by atoms with Crippen molar-refractivity contribution >= 4 is 5.52 Å². The molecule has 0 unspecified atom stereocenters. The van der Waals surface area contributed by atoms with E-state index in [-0.39, 0.29) is 0 Å². The van der Waals surface area contributed by atoms with E-state index in [0.29, 0.717) is 11.7 Å². The zero-order chi connectivity index (χ0) is 22.1. The van der Waals surface area contributed by atoms with Crippen molar-refractivity contribution < 1.29 is 4.74 Å². The highest BCUT2D eigenvalue weighted by atomic mass is 16.5. The summed E-state index contributed by atoms with van der Waals surface area (Å²) in [4.78, 5) is 31.1. The van der Waals surface area contributed by atoms with Crippen molar-refractivity contribution in [1.29, 1.82) is 0 Å². The van der Waals surface area contributed by atoms with E-state index in [0.717, 1.165) is 50.8 Å². The van der Waals surface area contributed by atoms with Crippen LogP contribution in [-0.2, 0) is 11.3 Å². The van der Waals surface area contributed by atoms with Gasteiger partial charge in [-0.1, -0.05) is 0 Å². The van der Waals surface area contributed by atoms with Crippen LogP contribution in [0.3, 0.4) is 0 Å². The first kappa shape index (κ1) is 21.1. The lowest BCUT2D eigenvalue weighted by Crippen LogP contribution is -2.52. The van der Waals surface area contributed by atoms with Crippen LogP contribution in [0.4, 0.5) is 0 Å². The van der Waals surface area contributed by atoms with E-state index in [1.807, 2.05) is 6.20 Å². The number of H-pyrrole nitrogens is 1. The molecule has 0 spiro atoms. The minimum Gasteiger partial charge on any atom is -0.381 e.